The van der Waals surface area contributed by atoms with Crippen molar-refractivity contribution in [3.05, 3.63) is 46.3 Å². The predicted molar refractivity (Wildman–Crippen MR) is 70.2 cm³/mol. The maximum Gasteiger partial charge on any atom is 0.406 e. The van der Waals surface area contributed by atoms with Gasteiger partial charge in [0.05, 0.1) is 7.11 Å². The topological polar surface area (TPSA) is 82.2 Å². The molecule has 0 bridgehead atoms. The molecule has 0 radical (unpaired) electrons. The summed E-state index contributed by atoms with van der Waals surface area (Å²) in [6.45, 7) is 0.477. The van der Waals surface area contributed by atoms with E-state index in [-0.39, 0.29) is 5.82 Å². The van der Waals surface area contributed by atoms with Crippen molar-refractivity contribution in [2.24, 2.45) is 7.05 Å². The molecule has 19 heavy (non-hydrogen) atoms. The zero-order chi connectivity index (χ0) is 13.8. The Morgan fingerprint density at radius 2 is 2.11 bits per heavy atom. The average Bonchev–Trinajstić information content (AvgIpc) is 2.78. The van der Waals surface area contributed by atoms with Crippen LogP contribution in [0, 0.1) is 10.1 Å². The third kappa shape index (κ3) is 2.82. The van der Waals surface area contributed by atoms with Crippen LogP contribution in [0.3, 0.4) is 0 Å². The van der Waals surface area contributed by atoms with Crippen molar-refractivity contribution in [2.45, 2.75) is 6.54 Å². The molecule has 0 aliphatic heterocycles. The van der Waals surface area contributed by atoms with Crippen LogP contribution in [0.25, 0.3) is 0 Å². The van der Waals surface area contributed by atoms with Crippen molar-refractivity contribution in [2.75, 3.05) is 12.4 Å². The van der Waals surface area contributed by atoms with Crippen molar-refractivity contribution >= 4 is 11.6 Å². The summed E-state index contributed by atoms with van der Waals surface area (Å²) < 4.78 is 6.65. The monoisotopic (exact) mass is 262 g/mol. The summed E-state index contributed by atoms with van der Waals surface area (Å²) in [4.78, 5) is 14.0. The minimum Gasteiger partial charge on any atom is -0.497 e. The molecule has 1 aromatic carbocycles. The molecular formula is C12H14N4O3. The first-order chi connectivity index (χ1) is 9.11. The molecule has 0 amide bonds. The molecule has 0 atom stereocenters. The molecule has 1 aromatic heterocycles. The van der Waals surface area contributed by atoms with E-state index in [0.717, 1.165) is 11.3 Å². The van der Waals surface area contributed by atoms with E-state index in [4.69, 9.17) is 4.74 Å². The van der Waals surface area contributed by atoms with Gasteiger partial charge in [-0.1, -0.05) is 12.1 Å². The normalized spacial score (nSPS) is 10.2. The first-order valence-electron chi connectivity index (χ1n) is 5.64. The highest BCUT2D eigenvalue weighted by atomic mass is 16.6. The number of benzene rings is 1. The van der Waals surface area contributed by atoms with Gasteiger partial charge >= 0.3 is 5.82 Å². The van der Waals surface area contributed by atoms with Crippen molar-refractivity contribution in [3.63, 3.8) is 0 Å². The van der Waals surface area contributed by atoms with Crippen molar-refractivity contribution in [1.82, 2.24) is 9.55 Å². The fraction of sp³-hybridized carbons (Fsp3) is 0.250. The number of nitro groups is 1. The van der Waals surface area contributed by atoms with Crippen LogP contribution in [0.2, 0.25) is 0 Å². The number of nitrogens with one attached hydrogen (secondary N) is 1. The van der Waals surface area contributed by atoms with Crippen molar-refractivity contribution in [3.8, 4) is 5.75 Å². The van der Waals surface area contributed by atoms with Gasteiger partial charge in [0.25, 0.3) is 0 Å². The maximum atomic E-state index is 10.8. The molecule has 7 nitrogen and oxygen atoms in total. The average molecular weight is 262 g/mol. The number of ether oxygens (including phenoxy) is 1. The molecule has 2 rings (SSSR count). The lowest BCUT2D eigenvalue weighted by molar-refractivity contribution is -0.388. The lowest BCUT2D eigenvalue weighted by Crippen LogP contribution is -2.05. The quantitative estimate of drug-likeness (QED) is 0.657. The van der Waals surface area contributed by atoms with Gasteiger partial charge in [-0.25, -0.2) is 0 Å². The largest absolute Gasteiger partial charge is 0.497 e. The van der Waals surface area contributed by atoms with Crippen LogP contribution >= 0.6 is 0 Å². The van der Waals surface area contributed by atoms with E-state index in [1.807, 2.05) is 24.3 Å². The Morgan fingerprint density at radius 3 is 2.68 bits per heavy atom. The summed E-state index contributed by atoms with van der Waals surface area (Å²) >= 11 is 0. The Morgan fingerprint density at radius 1 is 1.42 bits per heavy atom. The minimum absolute atomic E-state index is 0.170. The highest BCUT2D eigenvalue weighted by molar-refractivity contribution is 5.52. The number of nitrogens with zero attached hydrogens (tertiary/aromatic N) is 3. The zero-order valence-electron chi connectivity index (χ0n) is 10.7. The second-order valence-electron chi connectivity index (χ2n) is 3.99. The third-order valence-corrected chi connectivity index (χ3v) is 2.71. The van der Waals surface area contributed by atoms with Crippen molar-refractivity contribution < 1.29 is 9.66 Å². The van der Waals surface area contributed by atoms with Crippen LogP contribution in [0.1, 0.15) is 5.56 Å². The number of imidazole rings is 1. The number of hydrogen-bond donors (Lipinski definition) is 1. The van der Waals surface area contributed by atoms with Crippen LogP contribution < -0.4 is 10.1 Å². The first kappa shape index (κ1) is 12.9. The van der Waals surface area contributed by atoms with Gasteiger partial charge in [0.15, 0.2) is 0 Å². The standard InChI is InChI=1S/C12H14N4O3/c1-15-8-14-12(16(17)18)11(15)13-7-9-3-5-10(19-2)6-4-9/h3-6,8,13H,7H2,1-2H3. The predicted octanol–water partition coefficient (Wildman–Crippen LogP) is 1.95. The molecule has 2 aromatic rings. The van der Waals surface area contributed by atoms with E-state index >= 15 is 0 Å². The van der Waals surface area contributed by atoms with Crippen LogP contribution in [0.4, 0.5) is 11.6 Å². The summed E-state index contributed by atoms with van der Waals surface area (Å²) in [6.07, 6.45) is 1.41. The summed E-state index contributed by atoms with van der Waals surface area (Å²) in [5, 5.41) is 13.8. The summed E-state index contributed by atoms with van der Waals surface area (Å²) in [7, 11) is 3.31. The summed E-state index contributed by atoms with van der Waals surface area (Å²) in [5.74, 6) is 0.993. The number of methoxy groups -OCH3 is 1. The highest BCUT2D eigenvalue weighted by Gasteiger charge is 2.19. The van der Waals surface area contributed by atoms with Gasteiger partial charge in [0, 0.05) is 13.6 Å². The molecule has 0 unspecified atom stereocenters. The molecule has 0 fully saturated rings. The zero-order valence-corrected chi connectivity index (χ0v) is 10.7. The fourth-order valence-electron chi connectivity index (χ4n) is 1.68. The molecule has 0 saturated heterocycles. The molecule has 0 aliphatic carbocycles. The fourth-order valence-corrected chi connectivity index (χ4v) is 1.68. The van der Waals surface area contributed by atoms with Crippen LogP contribution in [0.5, 0.6) is 5.75 Å². The molecule has 0 spiro atoms. The van der Waals surface area contributed by atoms with Gasteiger partial charge in [0.1, 0.15) is 5.75 Å². The van der Waals surface area contributed by atoms with Crippen LogP contribution in [0.15, 0.2) is 30.6 Å². The Kier molecular flexibility index (Phi) is 3.65. The molecule has 100 valence electrons. The lowest BCUT2D eigenvalue weighted by Gasteiger charge is -2.07. The van der Waals surface area contributed by atoms with Gasteiger partial charge in [-0.05, 0) is 27.6 Å². The highest BCUT2D eigenvalue weighted by Crippen LogP contribution is 2.22. The third-order valence-electron chi connectivity index (χ3n) is 2.71. The van der Waals surface area contributed by atoms with Gasteiger partial charge in [-0.3, -0.25) is 4.57 Å². The Bertz CT molecular complexity index is 577. The van der Waals surface area contributed by atoms with E-state index in [0.29, 0.717) is 12.4 Å². The van der Waals surface area contributed by atoms with E-state index in [9.17, 15) is 10.1 Å². The second kappa shape index (κ2) is 5.38. The first-order valence-corrected chi connectivity index (χ1v) is 5.64. The minimum atomic E-state index is -0.504. The number of rotatable bonds is 5. The molecule has 0 aliphatic rings. The van der Waals surface area contributed by atoms with E-state index in [2.05, 4.69) is 10.3 Å². The van der Waals surface area contributed by atoms with Gasteiger partial charge in [0.2, 0.25) is 12.1 Å². The van der Waals surface area contributed by atoms with Gasteiger partial charge in [-0.15, -0.1) is 0 Å². The molecular weight excluding hydrogens is 248 g/mol. The Labute approximate surface area is 110 Å². The van der Waals surface area contributed by atoms with Gasteiger partial charge in [-0.2, -0.15) is 0 Å². The second-order valence-corrected chi connectivity index (χ2v) is 3.99. The van der Waals surface area contributed by atoms with Gasteiger partial charge < -0.3 is 20.2 Å². The summed E-state index contributed by atoms with van der Waals surface area (Å²) in [6, 6.07) is 7.48. The van der Waals surface area contributed by atoms with Crippen molar-refractivity contribution in [1.29, 1.82) is 0 Å². The molecule has 1 N–H and O–H groups in total. The summed E-state index contributed by atoms with van der Waals surface area (Å²) in [5.41, 5.74) is 0.997. The smallest absolute Gasteiger partial charge is 0.406 e. The SMILES string of the molecule is COc1ccc(CNc2c([N+](=O)[O-])ncn2C)cc1. The van der Waals surface area contributed by atoms with E-state index in [1.54, 1.807) is 18.7 Å². The van der Waals surface area contributed by atoms with E-state index < -0.39 is 4.92 Å². The number of aryl methyl sites for hydroxylation is 1. The molecule has 1 heterocycles. The van der Waals surface area contributed by atoms with E-state index in [1.165, 1.54) is 6.33 Å². The number of aromatic nitrogens is 2. The molecule has 7 heteroatoms. The van der Waals surface area contributed by atoms with Crippen LogP contribution in [-0.4, -0.2) is 21.6 Å². The Hall–Kier alpha value is -2.57. The maximum absolute atomic E-state index is 10.8. The number of anilines is 1. The Balaban J connectivity index is 2.09. The number of hydrogen-bond acceptors (Lipinski definition) is 5. The lowest BCUT2D eigenvalue weighted by atomic mass is 10.2. The molecule has 0 saturated carbocycles. The van der Waals surface area contributed by atoms with Crippen LogP contribution in [-0.2, 0) is 13.6 Å².